The van der Waals surface area contributed by atoms with Crippen LogP contribution in [-0.4, -0.2) is 15.0 Å². The van der Waals surface area contributed by atoms with Crippen LogP contribution in [0, 0.1) is 0 Å². The Kier molecular flexibility index (Phi) is 3.09. The van der Waals surface area contributed by atoms with Crippen molar-refractivity contribution in [3.05, 3.63) is 46.9 Å². The first-order chi connectivity index (χ1) is 7.38. The molecule has 0 saturated heterocycles. The zero-order valence-corrected chi connectivity index (χ0v) is 9.02. The van der Waals surface area contributed by atoms with Gasteiger partial charge in [0.1, 0.15) is 5.69 Å². The molecule has 0 fully saturated rings. The van der Waals surface area contributed by atoms with Crippen LogP contribution in [0.5, 0.6) is 0 Å². The highest BCUT2D eigenvalue weighted by atomic mass is 32.1. The standard InChI is InChI=1S/C11H11N3S/c1-2-7-14-9-10(12-13-14)5-6-11-4-3-8-15-11/h2-6,8-9H,1,7H2/b6-5-. The average molecular weight is 217 g/mol. The summed E-state index contributed by atoms with van der Waals surface area (Å²) in [4.78, 5) is 1.22. The predicted octanol–water partition coefficient (Wildman–Crippen LogP) is 2.70. The lowest BCUT2D eigenvalue weighted by atomic mass is 10.3. The molecular formula is C11H11N3S. The minimum absolute atomic E-state index is 0.694. The molecule has 0 saturated carbocycles. The molecule has 0 unspecified atom stereocenters. The number of hydrogen-bond donors (Lipinski definition) is 0. The van der Waals surface area contributed by atoms with Crippen LogP contribution in [0.4, 0.5) is 0 Å². The van der Waals surface area contributed by atoms with Crippen LogP contribution in [0.1, 0.15) is 10.6 Å². The van der Waals surface area contributed by atoms with E-state index in [1.54, 1.807) is 22.1 Å². The molecule has 76 valence electrons. The van der Waals surface area contributed by atoms with Crippen molar-refractivity contribution in [3.8, 4) is 0 Å². The fourth-order valence-electron chi connectivity index (χ4n) is 1.16. The molecular weight excluding hydrogens is 206 g/mol. The van der Waals surface area contributed by atoms with Gasteiger partial charge in [-0.25, -0.2) is 4.68 Å². The first-order valence-electron chi connectivity index (χ1n) is 4.61. The van der Waals surface area contributed by atoms with E-state index >= 15 is 0 Å². The van der Waals surface area contributed by atoms with Crippen LogP contribution in [-0.2, 0) is 6.54 Å². The summed E-state index contributed by atoms with van der Waals surface area (Å²) in [6.07, 6.45) is 7.68. The van der Waals surface area contributed by atoms with Crippen molar-refractivity contribution >= 4 is 23.5 Å². The van der Waals surface area contributed by atoms with Gasteiger partial charge < -0.3 is 0 Å². The van der Waals surface area contributed by atoms with Gasteiger partial charge in [0.15, 0.2) is 0 Å². The van der Waals surface area contributed by atoms with Gasteiger partial charge in [0.2, 0.25) is 0 Å². The highest BCUT2D eigenvalue weighted by molar-refractivity contribution is 7.10. The fraction of sp³-hybridized carbons (Fsp3) is 0.0909. The summed E-state index contributed by atoms with van der Waals surface area (Å²) in [6.45, 7) is 4.34. The highest BCUT2D eigenvalue weighted by Crippen LogP contribution is 2.12. The van der Waals surface area contributed by atoms with Crippen LogP contribution in [0.15, 0.2) is 36.4 Å². The Morgan fingerprint density at radius 1 is 1.47 bits per heavy atom. The average Bonchev–Trinajstić information content (AvgIpc) is 2.85. The molecule has 2 aromatic heterocycles. The summed E-state index contributed by atoms with van der Waals surface area (Å²) in [5.41, 5.74) is 0.866. The maximum atomic E-state index is 4.02. The molecule has 0 radical (unpaired) electrons. The maximum Gasteiger partial charge on any atom is 0.105 e. The molecule has 15 heavy (non-hydrogen) atoms. The number of rotatable bonds is 4. The molecule has 0 aliphatic heterocycles. The van der Waals surface area contributed by atoms with Gasteiger partial charge in [0, 0.05) is 4.88 Å². The van der Waals surface area contributed by atoms with Crippen LogP contribution in [0.3, 0.4) is 0 Å². The Bertz CT molecular complexity index is 454. The second-order valence-corrected chi connectivity index (χ2v) is 3.98. The molecule has 0 bridgehead atoms. The van der Waals surface area contributed by atoms with Crippen LogP contribution in [0.25, 0.3) is 12.2 Å². The molecule has 3 nitrogen and oxygen atoms in total. The molecule has 0 spiro atoms. The van der Waals surface area contributed by atoms with E-state index in [1.165, 1.54) is 4.88 Å². The second kappa shape index (κ2) is 4.70. The van der Waals surface area contributed by atoms with Gasteiger partial charge in [0.05, 0.1) is 12.7 Å². The van der Waals surface area contributed by atoms with E-state index in [9.17, 15) is 0 Å². The lowest BCUT2D eigenvalue weighted by molar-refractivity contribution is 0.662. The lowest BCUT2D eigenvalue weighted by Crippen LogP contribution is -1.94. The minimum atomic E-state index is 0.694. The van der Waals surface area contributed by atoms with Crippen molar-refractivity contribution in [2.75, 3.05) is 0 Å². The van der Waals surface area contributed by atoms with E-state index in [2.05, 4.69) is 23.0 Å². The zero-order chi connectivity index (χ0) is 10.5. The Balaban J connectivity index is 2.07. The molecule has 0 atom stereocenters. The minimum Gasteiger partial charge on any atom is -0.248 e. The first kappa shape index (κ1) is 9.86. The van der Waals surface area contributed by atoms with E-state index in [1.807, 2.05) is 29.8 Å². The molecule has 4 heteroatoms. The van der Waals surface area contributed by atoms with E-state index in [4.69, 9.17) is 0 Å². The zero-order valence-electron chi connectivity index (χ0n) is 8.21. The van der Waals surface area contributed by atoms with Crippen LogP contribution < -0.4 is 0 Å². The highest BCUT2D eigenvalue weighted by Gasteiger charge is 1.94. The number of allylic oxidation sites excluding steroid dienone is 1. The summed E-state index contributed by atoms with van der Waals surface area (Å²) >= 11 is 1.70. The SMILES string of the molecule is C=CCn1cc(/C=C\c2cccs2)nn1. The summed E-state index contributed by atoms with van der Waals surface area (Å²) in [6, 6.07) is 4.09. The summed E-state index contributed by atoms with van der Waals surface area (Å²) in [5.74, 6) is 0. The van der Waals surface area contributed by atoms with Gasteiger partial charge in [-0.3, -0.25) is 0 Å². The van der Waals surface area contributed by atoms with Crippen molar-refractivity contribution in [1.29, 1.82) is 0 Å². The van der Waals surface area contributed by atoms with Crippen molar-refractivity contribution in [2.24, 2.45) is 0 Å². The third kappa shape index (κ3) is 2.63. The smallest absolute Gasteiger partial charge is 0.105 e. The topological polar surface area (TPSA) is 30.7 Å². The maximum absolute atomic E-state index is 4.02. The van der Waals surface area contributed by atoms with E-state index in [0.717, 1.165) is 5.69 Å². The van der Waals surface area contributed by atoms with Gasteiger partial charge in [-0.05, 0) is 23.6 Å². The fourth-order valence-corrected chi connectivity index (χ4v) is 1.78. The van der Waals surface area contributed by atoms with Gasteiger partial charge in [0.25, 0.3) is 0 Å². The number of nitrogens with zero attached hydrogens (tertiary/aromatic N) is 3. The van der Waals surface area contributed by atoms with Crippen molar-refractivity contribution in [3.63, 3.8) is 0 Å². The Labute approximate surface area is 92.4 Å². The quantitative estimate of drug-likeness (QED) is 0.737. The van der Waals surface area contributed by atoms with Crippen LogP contribution >= 0.6 is 11.3 Å². The van der Waals surface area contributed by atoms with E-state index in [-0.39, 0.29) is 0 Å². The first-order valence-corrected chi connectivity index (χ1v) is 5.49. The Morgan fingerprint density at radius 2 is 2.40 bits per heavy atom. The predicted molar refractivity (Wildman–Crippen MR) is 63.5 cm³/mol. The van der Waals surface area contributed by atoms with Gasteiger partial charge in [-0.15, -0.1) is 23.0 Å². The normalized spacial score (nSPS) is 10.9. The summed E-state index contributed by atoms with van der Waals surface area (Å²) in [5, 5.41) is 10.0. The van der Waals surface area contributed by atoms with Crippen molar-refractivity contribution in [2.45, 2.75) is 6.54 Å². The molecule has 2 heterocycles. The largest absolute Gasteiger partial charge is 0.248 e. The van der Waals surface area contributed by atoms with Crippen LogP contribution in [0.2, 0.25) is 0 Å². The van der Waals surface area contributed by atoms with Gasteiger partial charge in [-0.1, -0.05) is 17.4 Å². The Hall–Kier alpha value is -1.68. The molecule has 0 aromatic carbocycles. The number of aromatic nitrogens is 3. The molecule has 2 rings (SSSR count). The molecule has 2 aromatic rings. The third-order valence-corrected chi connectivity index (χ3v) is 2.67. The molecule has 0 N–H and O–H groups in total. The lowest BCUT2D eigenvalue weighted by Gasteiger charge is -1.88. The summed E-state index contributed by atoms with van der Waals surface area (Å²) < 4.78 is 1.75. The van der Waals surface area contributed by atoms with Crippen molar-refractivity contribution in [1.82, 2.24) is 15.0 Å². The Morgan fingerprint density at radius 3 is 3.13 bits per heavy atom. The molecule has 0 aliphatic carbocycles. The third-order valence-electron chi connectivity index (χ3n) is 1.83. The van der Waals surface area contributed by atoms with E-state index < -0.39 is 0 Å². The molecule has 0 aliphatic rings. The summed E-state index contributed by atoms with van der Waals surface area (Å²) in [7, 11) is 0. The molecule has 0 amide bonds. The number of hydrogen-bond acceptors (Lipinski definition) is 3. The second-order valence-electron chi connectivity index (χ2n) is 3.00. The van der Waals surface area contributed by atoms with Gasteiger partial charge >= 0.3 is 0 Å². The van der Waals surface area contributed by atoms with Gasteiger partial charge in [-0.2, -0.15) is 0 Å². The monoisotopic (exact) mass is 217 g/mol. The van der Waals surface area contributed by atoms with Crippen molar-refractivity contribution < 1.29 is 0 Å². The number of thiophene rings is 1. The van der Waals surface area contributed by atoms with E-state index in [0.29, 0.717) is 6.54 Å².